The Balaban J connectivity index is 1.69. The largest absolute Gasteiger partial charge is 0.480 e. The number of aromatic nitrogens is 1. The van der Waals surface area contributed by atoms with Crippen molar-refractivity contribution in [1.82, 2.24) is 4.98 Å². The molecule has 0 radical (unpaired) electrons. The Morgan fingerprint density at radius 1 is 1.00 bits per heavy atom. The van der Waals surface area contributed by atoms with Gasteiger partial charge in [-0.2, -0.15) is 0 Å². The summed E-state index contributed by atoms with van der Waals surface area (Å²) in [5.74, 6) is -1.36. The van der Waals surface area contributed by atoms with E-state index in [0.717, 1.165) is 6.42 Å². The lowest BCUT2D eigenvalue weighted by atomic mass is 10.0. The van der Waals surface area contributed by atoms with E-state index in [1.807, 2.05) is 13.8 Å². The molecule has 9 nitrogen and oxygen atoms in total. The highest BCUT2D eigenvalue weighted by atomic mass is 35.5. The van der Waals surface area contributed by atoms with Crippen molar-refractivity contribution < 1.29 is 14.7 Å². The predicted molar refractivity (Wildman–Crippen MR) is 137 cm³/mol. The Morgan fingerprint density at radius 3 is 2.17 bits per heavy atom. The van der Waals surface area contributed by atoms with Crippen LogP contribution in [-0.2, 0) is 11.2 Å². The van der Waals surface area contributed by atoms with Crippen LogP contribution in [0.5, 0.6) is 0 Å². The molecular weight excluding hydrogens is 495 g/mol. The van der Waals surface area contributed by atoms with Gasteiger partial charge in [0.1, 0.15) is 17.4 Å². The van der Waals surface area contributed by atoms with E-state index in [1.165, 1.54) is 24.5 Å². The number of nitrogens with zero attached hydrogens (tertiary/aromatic N) is 1. The number of carbonyl (C=O) groups is 2. The molecule has 4 N–H and O–H groups in total. The van der Waals surface area contributed by atoms with Gasteiger partial charge >= 0.3 is 5.97 Å². The molecule has 0 unspecified atom stereocenters. The summed E-state index contributed by atoms with van der Waals surface area (Å²) < 4.78 is 0. The fourth-order valence-corrected chi connectivity index (χ4v) is 3.70. The highest BCUT2D eigenvalue weighted by molar-refractivity contribution is 6.39. The second-order valence-corrected chi connectivity index (χ2v) is 8.99. The zero-order valence-corrected chi connectivity index (χ0v) is 20.5. The Morgan fingerprint density at radius 2 is 1.60 bits per heavy atom. The van der Waals surface area contributed by atoms with Crippen LogP contribution >= 0.6 is 23.2 Å². The Hall–Kier alpha value is -3.43. The zero-order valence-electron chi connectivity index (χ0n) is 19.0. The molecule has 0 aliphatic heterocycles. The van der Waals surface area contributed by atoms with Gasteiger partial charge in [0.2, 0.25) is 0 Å². The van der Waals surface area contributed by atoms with E-state index in [-0.39, 0.29) is 39.4 Å². The van der Waals surface area contributed by atoms with Crippen LogP contribution in [0.3, 0.4) is 0 Å². The summed E-state index contributed by atoms with van der Waals surface area (Å²) in [4.78, 5) is 52.2. The zero-order chi connectivity index (χ0) is 25.7. The molecule has 35 heavy (non-hydrogen) atoms. The van der Waals surface area contributed by atoms with Gasteiger partial charge in [0.25, 0.3) is 16.8 Å². The van der Waals surface area contributed by atoms with Gasteiger partial charge in [-0.05, 0) is 23.6 Å². The van der Waals surface area contributed by atoms with Gasteiger partial charge in [-0.25, -0.2) is 4.79 Å². The van der Waals surface area contributed by atoms with Crippen molar-refractivity contribution in [1.29, 1.82) is 0 Å². The van der Waals surface area contributed by atoms with E-state index in [1.54, 1.807) is 12.1 Å². The maximum Gasteiger partial charge on any atom is 0.326 e. The number of benzene rings is 1. The van der Waals surface area contributed by atoms with Gasteiger partial charge in [0.05, 0.1) is 15.7 Å². The topological polar surface area (TPSA) is 137 Å². The number of nitrogens with one attached hydrogen (secondary N) is 3. The number of rotatable bonds is 11. The molecule has 1 amide bonds. The first-order valence-electron chi connectivity index (χ1n) is 10.9. The van der Waals surface area contributed by atoms with E-state index in [0.29, 0.717) is 17.7 Å². The minimum Gasteiger partial charge on any atom is -0.480 e. The highest BCUT2D eigenvalue weighted by Crippen LogP contribution is 2.29. The van der Waals surface area contributed by atoms with Crippen molar-refractivity contribution >= 4 is 52.1 Å². The van der Waals surface area contributed by atoms with Crippen LogP contribution in [0.1, 0.15) is 36.2 Å². The van der Waals surface area contributed by atoms with Crippen LogP contribution < -0.4 is 26.8 Å². The molecule has 0 saturated heterocycles. The van der Waals surface area contributed by atoms with E-state index in [9.17, 15) is 24.3 Å². The smallest absolute Gasteiger partial charge is 0.326 e. The van der Waals surface area contributed by atoms with Gasteiger partial charge in [0, 0.05) is 30.9 Å². The molecule has 0 aliphatic carbocycles. The molecule has 3 rings (SSSR count). The van der Waals surface area contributed by atoms with Gasteiger partial charge in [0.15, 0.2) is 0 Å². The molecule has 0 spiro atoms. The quantitative estimate of drug-likeness (QED) is 0.281. The SMILES string of the molecule is CC[C@H](C)CNc1c(N[C@@H](Cc2ccc(C(=O)Nc3c(Cl)cncc3Cl)cc2)C(=O)O)c(=O)c1=O. The first-order chi connectivity index (χ1) is 16.6. The summed E-state index contributed by atoms with van der Waals surface area (Å²) in [5, 5.41) is 18.3. The summed E-state index contributed by atoms with van der Waals surface area (Å²) in [6.45, 7) is 4.50. The van der Waals surface area contributed by atoms with Crippen LogP contribution in [0.15, 0.2) is 46.2 Å². The Labute approximate surface area is 211 Å². The summed E-state index contributed by atoms with van der Waals surface area (Å²) in [6, 6.07) is 5.11. The molecule has 0 aliphatic rings. The molecule has 0 bridgehead atoms. The van der Waals surface area contributed by atoms with Gasteiger partial charge in [-0.3, -0.25) is 19.4 Å². The summed E-state index contributed by atoms with van der Waals surface area (Å²) >= 11 is 12.1. The number of anilines is 3. The molecule has 3 aromatic rings. The first-order valence-corrected chi connectivity index (χ1v) is 11.6. The molecule has 11 heteroatoms. The third-order valence-corrected chi connectivity index (χ3v) is 6.17. The van der Waals surface area contributed by atoms with Crippen molar-refractivity contribution in [3.63, 3.8) is 0 Å². The molecule has 2 aromatic carbocycles. The number of carbonyl (C=O) groups excluding carboxylic acids is 1. The molecule has 2 atom stereocenters. The lowest BCUT2D eigenvalue weighted by molar-refractivity contribution is -0.137. The molecule has 0 fully saturated rings. The second-order valence-electron chi connectivity index (χ2n) is 8.17. The van der Waals surface area contributed by atoms with Crippen molar-refractivity contribution in [3.8, 4) is 0 Å². The third-order valence-electron chi connectivity index (χ3n) is 5.60. The maximum absolute atomic E-state index is 12.5. The average molecular weight is 519 g/mol. The number of pyridine rings is 1. The lowest BCUT2D eigenvalue weighted by Gasteiger charge is -2.21. The predicted octanol–water partition coefficient (Wildman–Crippen LogP) is 3.80. The van der Waals surface area contributed by atoms with Crippen molar-refractivity contribution in [2.75, 3.05) is 22.5 Å². The van der Waals surface area contributed by atoms with Crippen molar-refractivity contribution in [2.24, 2.45) is 5.92 Å². The van der Waals surface area contributed by atoms with Crippen LogP contribution in [0, 0.1) is 5.92 Å². The van der Waals surface area contributed by atoms with Crippen molar-refractivity contribution in [2.45, 2.75) is 32.7 Å². The number of carboxylic acids is 1. The van der Waals surface area contributed by atoms with E-state index < -0.39 is 28.8 Å². The van der Waals surface area contributed by atoms with Crippen LogP contribution in [0.4, 0.5) is 17.1 Å². The maximum atomic E-state index is 12.5. The normalized spacial score (nSPS) is 12.7. The average Bonchev–Trinajstić information content (AvgIpc) is 2.84. The summed E-state index contributed by atoms with van der Waals surface area (Å²) in [6.07, 6.45) is 3.61. The second kappa shape index (κ2) is 11.3. The van der Waals surface area contributed by atoms with Crippen molar-refractivity contribution in [3.05, 3.63) is 78.3 Å². The lowest BCUT2D eigenvalue weighted by Crippen LogP contribution is -2.42. The number of carboxylic acid groups (broad SMARTS) is 1. The van der Waals surface area contributed by atoms with Gasteiger partial charge < -0.3 is 21.1 Å². The summed E-state index contributed by atoms with van der Waals surface area (Å²) in [7, 11) is 0. The fourth-order valence-electron chi connectivity index (χ4n) is 3.24. The highest BCUT2D eigenvalue weighted by Gasteiger charge is 2.27. The van der Waals surface area contributed by atoms with E-state index in [4.69, 9.17) is 23.2 Å². The first kappa shape index (κ1) is 26.2. The molecule has 1 heterocycles. The fraction of sp³-hybridized carbons (Fsp3) is 0.292. The van der Waals surface area contributed by atoms with Crippen LogP contribution in [-0.4, -0.2) is 34.6 Å². The van der Waals surface area contributed by atoms with Gasteiger partial charge in [-0.15, -0.1) is 0 Å². The Kier molecular flexibility index (Phi) is 8.48. The van der Waals surface area contributed by atoms with Gasteiger partial charge in [-0.1, -0.05) is 55.6 Å². The molecule has 1 aromatic heterocycles. The minimum atomic E-state index is -1.19. The molecule has 0 saturated carbocycles. The number of hydrogen-bond acceptors (Lipinski definition) is 7. The minimum absolute atomic E-state index is 0.0167. The number of halogens is 2. The third kappa shape index (κ3) is 6.17. The van der Waals surface area contributed by atoms with E-state index >= 15 is 0 Å². The Bertz CT molecular complexity index is 1280. The standard InChI is InChI=1S/C24H24Cl2N4O5/c1-3-12(2)9-28-19-20(22(32)21(19)31)29-17(24(34)35)8-13-4-6-14(7-5-13)23(33)30-18-15(25)10-27-11-16(18)26/h4-7,10-12,17,28-29H,3,8-9H2,1-2H3,(H,34,35)(H,27,30,33)/t12-,17-/m0/s1. The van der Waals surface area contributed by atoms with Crippen LogP contribution in [0.2, 0.25) is 10.0 Å². The number of aliphatic carboxylic acids is 1. The van der Waals surface area contributed by atoms with E-state index in [2.05, 4.69) is 20.9 Å². The number of hydrogen-bond donors (Lipinski definition) is 4. The van der Waals surface area contributed by atoms with Crippen LogP contribution in [0.25, 0.3) is 0 Å². The molecule has 184 valence electrons. The molecular formula is C24H24Cl2N4O5. The summed E-state index contributed by atoms with van der Waals surface area (Å²) in [5.41, 5.74) is -0.174. The monoisotopic (exact) mass is 518 g/mol. The number of amides is 1.